The van der Waals surface area contributed by atoms with Gasteiger partial charge in [-0.05, 0) is 28.1 Å². The number of nitrogens with zero attached hydrogens (tertiary/aromatic N) is 2. The number of hydrogen-bond acceptors (Lipinski definition) is 2. The molecule has 13 heavy (non-hydrogen) atoms. The molecule has 1 saturated heterocycles. The fourth-order valence-corrected chi connectivity index (χ4v) is 1.78. The second kappa shape index (κ2) is 2.90. The molecule has 1 aromatic heterocycles. The number of pyridine rings is 1. The van der Waals surface area contributed by atoms with Gasteiger partial charge in [-0.3, -0.25) is 0 Å². The van der Waals surface area contributed by atoms with Crippen molar-refractivity contribution < 1.29 is 8.78 Å². The highest BCUT2D eigenvalue weighted by atomic mass is 79.9. The van der Waals surface area contributed by atoms with E-state index in [0.717, 1.165) is 4.47 Å². The van der Waals surface area contributed by atoms with Gasteiger partial charge in [0.15, 0.2) is 0 Å². The van der Waals surface area contributed by atoms with Crippen molar-refractivity contribution in [3.63, 3.8) is 0 Å². The van der Waals surface area contributed by atoms with Crippen molar-refractivity contribution in [1.82, 2.24) is 4.98 Å². The van der Waals surface area contributed by atoms with Crippen LogP contribution >= 0.6 is 15.9 Å². The summed E-state index contributed by atoms with van der Waals surface area (Å²) in [5.41, 5.74) is 0. The highest BCUT2D eigenvalue weighted by Crippen LogP contribution is 2.33. The van der Waals surface area contributed by atoms with Gasteiger partial charge in [-0.15, -0.1) is 0 Å². The summed E-state index contributed by atoms with van der Waals surface area (Å²) in [6.07, 6.45) is 1.59. The first kappa shape index (κ1) is 8.87. The Labute approximate surface area is 82.7 Å². The highest BCUT2D eigenvalue weighted by Gasteiger charge is 2.44. The van der Waals surface area contributed by atoms with E-state index in [4.69, 9.17) is 0 Å². The molecular weight excluding hydrogens is 242 g/mol. The Morgan fingerprint density at radius 2 is 2.15 bits per heavy atom. The molecular formula is C8H7BrF2N2. The van der Waals surface area contributed by atoms with Crippen molar-refractivity contribution in [1.29, 1.82) is 0 Å². The number of alkyl halides is 2. The third-order valence-corrected chi connectivity index (χ3v) is 2.50. The van der Waals surface area contributed by atoms with E-state index < -0.39 is 5.92 Å². The molecule has 2 nitrogen and oxygen atoms in total. The molecule has 1 fully saturated rings. The van der Waals surface area contributed by atoms with Crippen LogP contribution in [0.15, 0.2) is 22.8 Å². The third kappa shape index (κ3) is 1.65. The van der Waals surface area contributed by atoms with E-state index in [-0.39, 0.29) is 13.1 Å². The molecule has 0 aliphatic carbocycles. The fraction of sp³-hybridized carbons (Fsp3) is 0.375. The Morgan fingerprint density at radius 3 is 2.69 bits per heavy atom. The fourth-order valence-electron chi connectivity index (χ4n) is 1.27. The van der Waals surface area contributed by atoms with Gasteiger partial charge in [0.1, 0.15) is 5.82 Å². The number of aromatic nitrogens is 1. The second-order valence-corrected chi connectivity index (χ2v) is 3.88. The van der Waals surface area contributed by atoms with Crippen molar-refractivity contribution in [2.75, 3.05) is 18.0 Å². The van der Waals surface area contributed by atoms with E-state index in [1.165, 1.54) is 0 Å². The van der Waals surface area contributed by atoms with Crippen LogP contribution in [-0.4, -0.2) is 24.0 Å². The average molecular weight is 249 g/mol. The monoisotopic (exact) mass is 248 g/mol. The van der Waals surface area contributed by atoms with Crippen molar-refractivity contribution in [3.05, 3.63) is 22.8 Å². The smallest absolute Gasteiger partial charge is 0.282 e. The van der Waals surface area contributed by atoms with Crippen molar-refractivity contribution in [3.8, 4) is 0 Å². The van der Waals surface area contributed by atoms with Gasteiger partial charge in [-0.25, -0.2) is 13.8 Å². The molecule has 0 unspecified atom stereocenters. The van der Waals surface area contributed by atoms with E-state index in [1.807, 2.05) is 0 Å². The number of anilines is 1. The molecule has 0 atom stereocenters. The lowest BCUT2D eigenvalue weighted by molar-refractivity contribution is -0.0267. The molecule has 1 aliphatic heterocycles. The summed E-state index contributed by atoms with van der Waals surface area (Å²) in [6, 6.07) is 3.55. The zero-order valence-corrected chi connectivity index (χ0v) is 8.26. The summed E-state index contributed by atoms with van der Waals surface area (Å²) in [7, 11) is 0. The molecule has 1 aliphatic rings. The third-order valence-electron chi connectivity index (χ3n) is 1.88. The average Bonchev–Trinajstić information content (AvgIpc) is 2.01. The van der Waals surface area contributed by atoms with Gasteiger partial charge in [0.25, 0.3) is 5.92 Å². The van der Waals surface area contributed by atoms with Gasteiger partial charge in [0.05, 0.1) is 17.6 Å². The molecule has 0 bridgehead atoms. The molecule has 1 aromatic rings. The zero-order chi connectivity index (χ0) is 9.47. The highest BCUT2D eigenvalue weighted by molar-refractivity contribution is 9.10. The molecule has 0 saturated carbocycles. The summed E-state index contributed by atoms with van der Waals surface area (Å²) in [5, 5.41) is 0. The standard InChI is InChI=1S/C8H7BrF2N2/c9-6-2-1-3-12-7(6)13-4-8(10,11)5-13/h1-3H,4-5H2. The number of halogens is 3. The van der Waals surface area contributed by atoms with Crippen molar-refractivity contribution in [2.24, 2.45) is 0 Å². The molecule has 0 aromatic carbocycles. The van der Waals surface area contributed by atoms with E-state index in [1.54, 1.807) is 23.2 Å². The summed E-state index contributed by atoms with van der Waals surface area (Å²) in [4.78, 5) is 5.56. The SMILES string of the molecule is FC1(F)CN(c2ncccc2Br)C1. The second-order valence-electron chi connectivity index (χ2n) is 3.02. The maximum Gasteiger partial charge on any atom is 0.282 e. The first-order valence-corrected chi connectivity index (χ1v) is 4.61. The minimum atomic E-state index is -2.54. The van der Waals surface area contributed by atoms with Gasteiger partial charge in [0, 0.05) is 6.20 Å². The van der Waals surface area contributed by atoms with Crippen molar-refractivity contribution >= 4 is 21.7 Å². The van der Waals surface area contributed by atoms with Crippen LogP contribution in [0.5, 0.6) is 0 Å². The van der Waals surface area contributed by atoms with Gasteiger partial charge < -0.3 is 4.90 Å². The molecule has 2 heterocycles. The molecule has 0 spiro atoms. The number of rotatable bonds is 1. The Kier molecular flexibility index (Phi) is 1.98. The number of hydrogen-bond donors (Lipinski definition) is 0. The molecule has 2 rings (SSSR count). The van der Waals surface area contributed by atoms with Crippen LogP contribution in [0.1, 0.15) is 0 Å². The lowest BCUT2D eigenvalue weighted by Gasteiger charge is -2.39. The van der Waals surface area contributed by atoms with Crippen LogP contribution in [-0.2, 0) is 0 Å². The summed E-state index contributed by atoms with van der Waals surface area (Å²) in [6.45, 7) is -0.467. The van der Waals surface area contributed by atoms with Crippen LogP contribution < -0.4 is 4.90 Å². The van der Waals surface area contributed by atoms with Gasteiger partial charge in [-0.1, -0.05) is 0 Å². The molecule has 0 radical (unpaired) electrons. The van der Waals surface area contributed by atoms with Crippen LogP contribution in [0.4, 0.5) is 14.6 Å². The Bertz CT molecular complexity index is 322. The zero-order valence-electron chi connectivity index (χ0n) is 6.67. The predicted octanol–water partition coefficient (Wildman–Crippen LogP) is 2.30. The normalized spacial score (nSPS) is 19.8. The van der Waals surface area contributed by atoms with E-state index in [0.29, 0.717) is 5.82 Å². The van der Waals surface area contributed by atoms with Crippen LogP contribution in [0.2, 0.25) is 0 Å². The molecule has 0 amide bonds. The maximum atomic E-state index is 12.5. The summed E-state index contributed by atoms with van der Waals surface area (Å²) in [5.74, 6) is -1.95. The van der Waals surface area contributed by atoms with Gasteiger partial charge in [-0.2, -0.15) is 0 Å². The van der Waals surface area contributed by atoms with Crippen LogP contribution in [0, 0.1) is 0 Å². The van der Waals surface area contributed by atoms with Gasteiger partial charge in [0.2, 0.25) is 0 Å². The summed E-state index contributed by atoms with van der Waals surface area (Å²) < 4.78 is 25.8. The van der Waals surface area contributed by atoms with E-state index >= 15 is 0 Å². The lowest BCUT2D eigenvalue weighted by atomic mass is 10.1. The Morgan fingerprint density at radius 1 is 1.46 bits per heavy atom. The predicted molar refractivity (Wildman–Crippen MR) is 49.1 cm³/mol. The minimum absolute atomic E-state index is 0.234. The molecule has 0 N–H and O–H groups in total. The van der Waals surface area contributed by atoms with Crippen LogP contribution in [0.25, 0.3) is 0 Å². The van der Waals surface area contributed by atoms with E-state index in [9.17, 15) is 8.78 Å². The minimum Gasteiger partial charge on any atom is -0.343 e. The molecule has 70 valence electrons. The van der Waals surface area contributed by atoms with Crippen molar-refractivity contribution in [2.45, 2.75) is 5.92 Å². The Hall–Kier alpha value is -0.710. The van der Waals surface area contributed by atoms with E-state index in [2.05, 4.69) is 20.9 Å². The molecule has 5 heteroatoms. The largest absolute Gasteiger partial charge is 0.343 e. The first-order valence-electron chi connectivity index (χ1n) is 3.82. The topological polar surface area (TPSA) is 16.1 Å². The lowest BCUT2D eigenvalue weighted by Crippen LogP contribution is -2.56. The van der Waals surface area contributed by atoms with Crippen LogP contribution in [0.3, 0.4) is 0 Å². The first-order chi connectivity index (χ1) is 6.08. The Balaban J connectivity index is 2.16. The quantitative estimate of drug-likeness (QED) is 0.759. The summed E-state index contributed by atoms with van der Waals surface area (Å²) >= 11 is 3.26. The van der Waals surface area contributed by atoms with Gasteiger partial charge >= 0.3 is 0 Å². The maximum absolute atomic E-state index is 12.5.